The van der Waals surface area contributed by atoms with Crippen molar-refractivity contribution in [1.82, 2.24) is 5.32 Å². The fourth-order valence-electron chi connectivity index (χ4n) is 1.82. The number of aliphatic imine (C=N–C) groups is 1. The average Bonchev–Trinajstić information content (AvgIpc) is 2.76. The predicted molar refractivity (Wildman–Crippen MR) is 68.9 cm³/mol. The van der Waals surface area contributed by atoms with Crippen LogP contribution in [-0.4, -0.2) is 25.2 Å². The lowest BCUT2D eigenvalue weighted by Gasteiger charge is -2.07. The minimum absolute atomic E-state index is 0.157. The Morgan fingerprint density at radius 3 is 2.65 bits per heavy atom. The molecule has 1 atom stereocenters. The Balaban J connectivity index is 1.74. The first-order valence-electron chi connectivity index (χ1n) is 6.02. The Kier molecular flexibility index (Phi) is 3.98. The zero-order valence-electron chi connectivity index (χ0n) is 10.1. The van der Waals surface area contributed by atoms with Gasteiger partial charge in [0.2, 0.25) is 0 Å². The Morgan fingerprint density at radius 2 is 2.06 bits per heavy atom. The van der Waals surface area contributed by atoms with Gasteiger partial charge in [-0.05, 0) is 17.5 Å². The first kappa shape index (κ1) is 11.9. The highest BCUT2D eigenvalue weighted by molar-refractivity contribution is 5.73. The van der Waals surface area contributed by atoms with E-state index in [4.69, 9.17) is 10.5 Å². The maximum Gasteiger partial charge on any atom is 0.282 e. The molecule has 0 aliphatic carbocycles. The number of benzene rings is 1. The minimum atomic E-state index is 0.157. The second kappa shape index (κ2) is 5.68. The van der Waals surface area contributed by atoms with Gasteiger partial charge in [0.15, 0.2) is 0 Å². The van der Waals surface area contributed by atoms with Crippen molar-refractivity contribution in [2.45, 2.75) is 25.9 Å². The van der Waals surface area contributed by atoms with Crippen molar-refractivity contribution in [1.29, 1.82) is 0 Å². The number of nitrogens with two attached hydrogens (primary N) is 1. The third kappa shape index (κ3) is 3.46. The van der Waals surface area contributed by atoms with Crippen molar-refractivity contribution in [3.63, 3.8) is 0 Å². The number of hydrogen-bond donors (Lipinski definition) is 2. The van der Waals surface area contributed by atoms with Gasteiger partial charge in [-0.15, -0.1) is 0 Å². The van der Waals surface area contributed by atoms with Crippen LogP contribution in [0, 0.1) is 0 Å². The van der Waals surface area contributed by atoms with Gasteiger partial charge < -0.3 is 15.8 Å². The van der Waals surface area contributed by atoms with Crippen molar-refractivity contribution in [2.75, 3.05) is 13.2 Å². The molecular formula is C13H19N3O. The van der Waals surface area contributed by atoms with E-state index < -0.39 is 0 Å². The van der Waals surface area contributed by atoms with E-state index in [0.717, 1.165) is 19.5 Å². The number of nitrogens with zero attached hydrogens (tertiary/aromatic N) is 1. The first-order chi connectivity index (χ1) is 8.28. The highest BCUT2D eigenvalue weighted by atomic mass is 16.5. The van der Waals surface area contributed by atoms with Gasteiger partial charge in [-0.3, -0.25) is 0 Å². The first-order valence-corrected chi connectivity index (χ1v) is 6.02. The molecule has 17 heavy (non-hydrogen) atoms. The van der Waals surface area contributed by atoms with E-state index in [9.17, 15) is 0 Å². The zero-order valence-corrected chi connectivity index (χ0v) is 10.1. The molecule has 1 aliphatic heterocycles. The fraction of sp³-hybridized carbons (Fsp3) is 0.462. The van der Waals surface area contributed by atoms with Gasteiger partial charge in [0.25, 0.3) is 6.02 Å². The highest BCUT2D eigenvalue weighted by Crippen LogP contribution is 2.05. The molecule has 1 aromatic carbocycles. The quantitative estimate of drug-likeness (QED) is 0.799. The molecule has 0 saturated heterocycles. The summed E-state index contributed by atoms with van der Waals surface area (Å²) in [4.78, 5) is 4.16. The lowest BCUT2D eigenvalue weighted by Crippen LogP contribution is -2.26. The molecule has 0 saturated carbocycles. The molecule has 0 spiro atoms. The summed E-state index contributed by atoms with van der Waals surface area (Å²) < 4.78 is 5.09. The number of nitrogens with one attached hydrogen (secondary N) is 1. The summed E-state index contributed by atoms with van der Waals surface area (Å²) in [6, 6.07) is 9.13. The third-order valence-corrected chi connectivity index (χ3v) is 2.87. The number of ether oxygens (including phenoxy) is 1. The van der Waals surface area contributed by atoms with E-state index in [0.29, 0.717) is 12.6 Å². The van der Waals surface area contributed by atoms with E-state index >= 15 is 0 Å². The van der Waals surface area contributed by atoms with Crippen LogP contribution in [-0.2, 0) is 17.7 Å². The van der Waals surface area contributed by atoms with Gasteiger partial charge in [0, 0.05) is 13.1 Å². The lowest BCUT2D eigenvalue weighted by molar-refractivity contribution is 0.309. The van der Waals surface area contributed by atoms with E-state index in [1.165, 1.54) is 11.1 Å². The fourth-order valence-corrected chi connectivity index (χ4v) is 1.82. The van der Waals surface area contributed by atoms with E-state index in [1.54, 1.807) is 0 Å². The van der Waals surface area contributed by atoms with Crippen LogP contribution in [0.25, 0.3) is 0 Å². The Hall–Kier alpha value is -1.55. The van der Waals surface area contributed by atoms with Crippen LogP contribution in [0.15, 0.2) is 29.3 Å². The topological polar surface area (TPSA) is 59.6 Å². The van der Waals surface area contributed by atoms with Crippen molar-refractivity contribution >= 4 is 6.02 Å². The molecule has 0 aromatic heterocycles. The van der Waals surface area contributed by atoms with Crippen molar-refractivity contribution in [2.24, 2.45) is 10.7 Å². The molecule has 0 amide bonds. The second-order valence-corrected chi connectivity index (χ2v) is 4.23. The molecule has 0 fully saturated rings. The van der Waals surface area contributed by atoms with Crippen LogP contribution in [0.1, 0.15) is 18.1 Å². The predicted octanol–water partition coefficient (Wildman–Crippen LogP) is 1.05. The number of rotatable bonds is 5. The minimum Gasteiger partial charge on any atom is -0.463 e. The Labute approximate surface area is 102 Å². The normalized spacial score (nSPS) is 18.9. The molecule has 2 rings (SSSR count). The monoisotopic (exact) mass is 233 g/mol. The summed E-state index contributed by atoms with van der Waals surface area (Å²) in [6.07, 6.45) is 1.08. The summed E-state index contributed by atoms with van der Waals surface area (Å²) in [6.45, 7) is 4.41. The van der Waals surface area contributed by atoms with Crippen molar-refractivity contribution in [3.8, 4) is 0 Å². The standard InChI is InChI=1S/C13H19N3O/c1-2-10-3-5-11(6-4-10)7-15-8-12-9-17-13(14)16-12/h3-6,12,15H,2,7-9H2,1H3,(H2,14,16)/t12-/m0/s1. The molecule has 1 aromatic rings. The Morgan fingerprint density at radius 1 is 1.35 bits per heavy atom. The van der Waals surface area contributed by atoms with Crippen LogP contribution >= 0.6 is 0 Å². The molecule has 1 heterocycles. The smallest absolute Gasteiger partial charge is 0.282 e. The summed E-state index contributed by atoms with van der Waals surface area (Å²) in [5.74, 6) is 0. The Bertz CT molecular complexity index is 386. The molecule has 0 bridgehead atoms. The van der Waals surface area contributed by atoms with Gasteiger partial charge >= 0.3 is 0 Å². The lowest BCUT2D eigenvalue weighted by atomic mass is 10.1. The number of hydrogen-bond acceptors (Lipinski definition) is 4. The van der Waals surface area contributed by atoms with Gasteiger partial charge in [-0.2, -0.15) is 0 Å². The summed E-state index contributed by atoms with van der Waals surface area (Å²) in [7, 11) is 0. The third-order valence-electron chi connectivity index (χ3n) is 2.87. The number of amidine groups is 1. The molecule has 92 valence electrons. The van der Waals surface area contributed by atoms with E-state index in [1.807, 2.05) is 0 Å². The largest absolute Gasteiger partial charge is 0.463 e. The van der Waals surface area contributed by atoms with E-state index in [2.05, 4.69) is 41.5 Å². The molecule has 4 heteroatoms. The van der Waals surface area contributed by atoms with Crippen LogP contribution in [0.5, 0.6) is 0 Å². The molecular weight excluding hydrogens is 214 g/mol. The van der Waals surface area contributed by atoms with Gasteiger partial charge in [0.05, 0.1) is 0 Å². The van der Waals surface area contributed by atoms with Crippen LogP contribution in [0.4, 0.5) is 0 Å². The molecule has 0 radical (unpaired) electrons. The summed E-state index contributed by atoms with van der Waals surface area (Å²) in [5, 5.41) is 3.36. The van der Waals surface area contributed by atoms with Crippen LogP contribution in [0.3, 0.4) is 0 Å². The average molecular weight is 233 g/mol. The van der Waals surface area contributed by atoms with Crippen molar-refractivity contribution in [3.05, 3.63) is 35.4 Å². The zero-order chi connectivity index (χ0) is 12.1. The summed E-state index contributed by atoms with van der Waals surface area (Å²) >= 11 is 0. The second-order valence-electron chi connectivity index (χ2n) is 4.23. The van der Waals surface area contributed by atoms with Gasteiger partial charge in [-0.25, -0.2) is 4.99 Å². The van der Waals surface area contributed by atoms with Crippen LogP contribution in [0.2, 0.25) is 0 Å². The molecule has 1 aliphatic rings. The molecule has 3 N–H and O–H groups in total. The highest BCUT2D eigenvalue weighted by Gasteiger charge is 2.15. The molecule has 0 unspecified atom stereocenters. The SMILES string of the molecule is CCc1ccc(CNC[C@H]2COC(N)=N2)cc1. The van der Waals surface area contributed by atoms with Crippen LogP contribution < -0.4 is 11.1 Å². The molecule has 4 nitrogen and oxygen atoms in total. The van der Waals surface area contributed by atoms with E-state index in [-0.39, 0.29) is 6.04 Å². The number of aryl methyl sites for hydroxylation is 1. The van der Waals surface area contributed by atoms with Crippen molar-refractivity contribution < 1.29 is 4.74 Å². The van der Waals surface area contributed by atoms with Gasteiger partial charge in [-0.1, -0.05) is 31.2 Å². The van der Waals surface area contributed by atoms with Gasteiger partial charge in [0.1, 0.15) is 12.6 Å². The maximum atomic E-state index is 5.44. The summed E-state index contributed by atoms with van der Waals surface area (Å²) in [5.41, 5.74) is 8.10. The maximum absolute atomic E-state index is 5.44.